The topological polar surface area (TPSA) is 50.7 Å². The van der Waals surface area contributed by atoms with Crippen LogP contribution >= 0.6 is 11.8 Å². The van der Waals surface area contributed by atoms with E-state index in [-0.39, 0.29) is 0 Å². The number of carbonyl (C=O) groups excluding carboxylic acids is 1. The Labute approximate surface area is 105 Å². The van der Waals surface area contributed by atoms with Crippen LogP contribution in [0.25, 0.3) is 0 Å². The van der Waals surface area contributed by atoms with Gasteiger partial charge in [-0.2, -0.15) is 0 Å². The Morgan fingerprint density at radius 1 is 1.41 bits per heavy atom. The minimum Gasteiger partial charge on any atom is -0.323 e. The lowest BCUT2D eigenvalue weighted by atomic mass is 10.3. The first-order valence-corrected chi connectivity index (χ1v) is 6.37. The summed E-state index contributed by atoms with van der Waals surface area (Å²) >= 11 is 1.67. The van der Waals surface area contributed by atoms with E-state index in [4.69, 9.17) is 0 Å². The van der Waals surface area contributed by atoms with Crippen LogP contribution in [0.3, 0.4) is 0 Å². The Bertz CT molecular complexity index is 379. The molecule has 4 nitrogen and oxygen atoms in total. The monoisotopic (exact) mass is 252 g/mol. The molecule has 0 spiro atoms. The van der Waals surface area contributed by atoms with Crippen molar-refractivity contribution in [1.82, 2.24) is 5.32 Å². The summed E-state index contributed by atoms with van der Waals surface area (Å²) in [4.78, 5) is 16.7. The maximum Gasteiger partial charge on any atom is 0.433 e. The Hall–Kier alpha value is -1.49. The summed E-state index contributed by atoms with van der Waals surface area (Å²) in [6.45, 7) is 1.98. The third-order valence-corrected chi connectivity index (χ3v) is 3.10. The first kappa shape index (κ1) is 13.6. The second-order valence-electron chi connectivity index (χ2n) is 3.24. The molecule has 0 saturated carbocycles. The van der Waals surface area contributed by atoms with Crippen LogP contribution in [0.15, 0.2) is 40.4 Å². The van der Waals surface area contributed by atoms with E-state index in [2.05, 4.69) is 15.3 Å². The van der Waals surface area contributed by atoms with E-state index in [0.717, 1.165) is 17.9 Å². The van der Waals surface area contributed by atoms with Crippen molar-refractivity contribution in [1.29, 1.82) is 0 Å². The van der Waals surface area contributed by atoms with E-state index in [9.17, 15) is 4.79 Å². The molecule has 0 aromatic heterocycles. The fourth-order valence-electron chi connectivity index (χ4n) is 1.03. The molecule has 1 rings (SSSR count). The molecule has 0 aliphatic heterocycles. The van der Waals surface area contributed by atoms with Crippen molar-refractivity contribution in [3.8, 4) is 0 Å². The standard InChI is InChI=1S/C12H16N2O2S/c1-3-10(14-16-12(15)13-2)9-17-11-7-5-4-6-8-11/h4-8H,3,9H2,1-2H3,(H,13,15). The molecule has 0 saturated heterocycles. The average molecular weight is 252 g/mol. The van der Waals surface area contributed by atoms with Crippen LogP contribution in [-0.4, -0.2) is 24.6 Å². The number of carbonyl (C=O) groups is 1. The lowest BCUT2D eigenvalue weighted by molar-refractivity contribution is 0.153. The van der Waals surface area contributed by atoms with Gasteiger partial charge in [0.2, 0.25) is 0 Å². The van der Waals surface area contributed by atoms with Gasteiger partial charge in [-0.25, -0.2) is 4.79 Å². The van der Waals surface area contributed by atoms with Gasteiger partial charge in [-0.15, -0.1) is 11.8 Å². The Morgan fingerprint density at radius 2 is 2.12 bits per heavy atom. The van der Waals surface area contributed by atoms with Gasteiger partial charge in [-0.1, -0.05) is 30.3 Å². The van der Waals surface area contributed by atoms with Crippen LogP contribution in [-0.2, 0) is 4.84 Å². The molecule has 17 heavy (non-hydrogen) atoms. The maximum absolute atomic E-state index is 10.9. The van der Waals surface area contributed by atoms with Crippen molar-refractivity contribution in [3.63, 3.8) is 0 Å². The number of nitrogens with zero attached hydrogens (tertiary/aromatic N) is 1. The minimum absolute atomic E-state index is 0.541. The highest BCUT2D eigenvalue weighted by molar-refractivity contribution is 8.00. The van der Waals surface area contributed by atoms with Crippen molar-refractivity contribution < 1.29 is 9.63 Å². The fraction of sp³-hybridized carbons (Fsp3) is 0.333. The molecule has 0 aliphatic carbocycles. The van der Waals surface area contributed by atoms with Crippen molar-refractivity contribution in [2.45, 2.75) is 18.2 Å². The smallest absolute Gasteiger partial charge is 0.323 e. The van der Waals surface area contributed by atoms with Crippen LogP contribution in [0.1, 0.15) is 13.3 Å². The molecular formula is C12H16N2O2S. The highest BCUT2D eigenvalue weighted by Crippen LogP contribution is 2.17. The number of hydrogen-bond acceptors (Lipinski definition) is 4. The molecule has 0 atom stereocenters. The maximum atomic E-state index is 10.9. The van der Waals surface area contributed by atoms with Gasteiger partial charge in [0.1, 0.15) is 0 Å². The zero-order valence-corrected chi connectivity index (χ0v) is 10.8. The molecule has 1 aromatic carbocycles. The fourth-order valence-corrected chi connectivity index (χ4v) is 1.97. The normalized spacial score (nSPS) is 11.1. The second kappa shape index (κ2) is 7.73. The molecule has 0 aliphatic rings. The van der Waals surface area contributed by atoms with Crippen molar-refractivity contribution in [2.75, 3.05) is 12.8 Å². The molecule has 0 radical (unpaired) electrons. The van der Waals surface area contributed by atoms with Gasteiger partial charge < -0.3 is 5.32 Å². The van der Waals surface area contributed by atoms with E-state index >= 15 is 0 Å². The van der Waals surface area contributed by atoms with Crippen LogP contribution in [0.5, 0.6) is 0 Å². The van der Waals surface area contributed by atoms with Gasteiger partial charge in [0, 0.05) is 17.7 Å². The number of thioether (sulfide) groups is 1. The minimum atomic E-state index is -0.541. The van der Waals surface area contributed by atoms with Crippen LogP contribution in [0, 0.1) is 0 Å². The average Bonchev–Trinajstić information content (AvgIpc) is 2.39. The molecule has 1 N–H and O–H groups in total. The summed E-state index contributed by atoms with van der Waals surface area (Å²) < 4.78 is 0. The van der Waals surface area contributed by atoms with Gasteiger partial charge in [0.05, 0.1) is 5.71 Å². The number of nitrogens with one attached hydrogen (secondary N) is 1. The largest absolute Gasteiger partial charge is 0.433 e. The summed E-state index contributed by atoms with van der Waals surface area (Å²) in [5, 5.41) is 6.15. The SMILES string of the molecule is CCC(CSc1ccccc1)=NOC(=O)NC. The van der Waals surface area contributed by atoms with Crippen molar-refractivity contribution in [2.24, 2.45) is 5.16 Å². The number of rotatable bonds is 5. The Balaban J connectivity index is 2.44. The van der Waals surface area contributed by atoms with E-state index in [1.807, 2.05) is 37.3 Å². The summed E-state index contributed by atoms with van der Waals surface area (Å²) in [6, 6.07) is 10.0. The Morgan fingerprint density at radius 3 is 2.71 bits per heavy atom. The molecule has 0 unspecified atom stereocenters. The number of hydrogen-bond donors (Lipinski definition) is 1. The summed E-state index contributed by atoms with van der Waals surface area (Å²) in [5.74, 6) is 0.720. The van der Waals surface area contributed by atoms with Crippen molar-refractivity contribution >= 4 is 23.6 Å². The van der Waals surface area contributed by atoms with Gasteiger partial charge >= 0.3 is 6.09 Å². The summed E-state index contributed by atoms with van der Waals surface area (Å²) in [6.07, 6.45) is 0.220. The molecule has 0 bridgehead atoms. The molecule has 1 amide bonds. The molecule has 0 heterocycles. The zero-order chi connectivity index (χ0) is 12.5. The van der Waals surface area contributed by atoms with E-state index in [1.165, 1.54) is 11.9 Å². The Kier molecular flexibility index (Phi) is 6.17. The summed E-state index contributed by atoms with van der Waals surface area (Å²) in [7, 11) is 1.50. The highest BCUT2D eigenvalue weighted by atomic mass is 32.2. The number of oxime groups is 1. The van der Waals surface area contributed by atoms with Gasteiger partial charge in [0.25, 0.3) is 0 Å². The van der Waals surface area contributed by atoms with E-state index in [0.29, 0.717) is 0 Å². The quantitative estimate of drug-likeness (QED) is 0.379. The highest BCUT2D eigenvalue weighted by Gasteiger charge is 2.02. The van der Waals surface area contributed by atoms with Gasteiger partial charge in [-0.05, 0) is 18.6 Å². The second-order valence-corrected chi connectivity index (χ2v) is 4.29. The zero-order valence-electron chi connectivity index (χ0n) is 9.97. The molecule has 0 fully saturated rings. The summed E-state index contributed by atoms with van der Waals surface area (Å²) in [5.41, 5.74) is 0.849. The molecular weight excluding hydrogens is 236 g/mol. The number of benzene rings is 1. The third kappa shape index (κ3) is 5.40. The van der Waals surface area contributed by atoms with Crippen molar-refractivity contribution in [3.05, 3.63) is 30.3 Å². The van der Waals surface area contributed by atoms with E-state index in [1.54, 1.807) is 11.8 Å². The third-order valence-electron chi connectivity index (χ3n) is 2.02. The van der Waals surface area contributed by atoms with Crippen LogP contribution in [0.2, 0.25) is 0 Å². The van der Waals surface area contributed by atoms with Gasteiger partial charge in [-0.3, -0.25) is 4.84 Å². The van der Waals surface area contributed by atoms with Gasteiger partial charge in [0.15, 0.2) is 0 Å². The molecule has 5 heteroatoms. The lowest BCUT2D eigenvalue weighted by Gasteiger charge is -2.03. The first-order chi connectivity index (χ1) is 8.26. The van der Waals surface area contributed by atoms with E-state index < -0.39 is 6.09 Å². The molecule has 1 aromatic rings. The lowest BCUT2D eigenvalue weighted by Crippen LogP contribution is -2.17. The van der Waals surface area contributed by atoms with Crippen LogP contribution < -0.4 is 5.32 Å². The number of amides is 1. The first-order valence-electron chi connectivity index (χ1n) is 5.38. The van der Waals surface area contributed by atoms with Crippen LogP contribution in [0.4, 0.5) is 4.79 Å². The molecule has 92 valence electrons. The predicted molar refractivity (Wildman–Crippen MR) is 70.4 cm³/mol. The predicted octanol–water partition coefficient (Wildman–Crippen LogP) is 2.90.